The van der Waals surface area contributed by atoms with Crippen molar-refractivity contribution in [3.8, 4) is 5.75 Å². The zero-order valence-corrected chi connectivity index (χ0v) is 13.4. The maximum atomic E-state index is 12.2. The van der Waals surface area contributed by atoms with Crippen LogP contribution in [0.1, 0.15) is 41.3 Å². The number of ether oxygens (including phenoxy) is 1. The molecule has 1 amide bonds. The molecule has 1 unspecified atom stereocenters. The average molecular weight is 297 g/mol. The maximum Gasteiger partial charge on any atom is 0.251 e. The second-order valence-electron chi connectivity index (χ2n) is 5.44. The first-order valence-electron chi connectivity index (χ1n) is 7.68. The van der Waals surface area contributed by atoms with Crippen molar-refractivity contribution >= 4 is 5.91 Å². The molecule has 0 aliphatic heterocycles. The second-order valence-corrected chi connectivity index (χ2v) is 5.44. The Balaban J connectivity index is 1.96. The summed E-state index contributed by atoms with van der Waals surface area (Å²) >= 11 is 0. The van der Waals surface area contributed by atoms with E-state index >= 15 is 0 Å². The molecule has 0 bridgehead atoms. The van der Waals surface area contributed by atoms with Gasteiger partial charge in [-0.25, -0.2) is 0 Å². The molecular weight excluding hydrogens is 274 g/mol. The molecule has 2 rings (SSSR count). The first-order valence-corrected chi connectivity index (χ1v) is 7.68. The third-order valence-electron chi connectivity index (χ3n) is 3.67. The zero-order chi connectivity index (χ0) is 15.9. The lowest BCUT2D eigenvalue weighted by molar-refractivity contribution is 0.0951. The van der Waals surface area contributed by atoms with Gasteiger partial charge in [0.25, 0.3) is 5.91 Å². The Morgan fingerprint density at radius 2 is 1.91 bits per heavy atom. The molecule has 2 aromatic carbocycles. The monoisotopic (exact) mass is 297 g/mol. The molecule has 22 heavy (non-hydrogen) atoms. The van der Waals surface area contributed by atoms with Crippen LogP contribution in [-0.2, 0) is 0 Å². The average Bonchev–Trinajstić information content (AvgIpc) is 2.55. The van der Waals surface area contributed by atoms with E-state index in [1.165, 1.54) is 5.56 Å². The third kappa shape index (κ3) is 4.10. The number of hydrogen-bond acceptors (Lipinski definition) is 2. The van der Waals surface area contributed by atoms with Crippen LogP contribution in [0, 0.1) is 6.92 Å². The van der Waals surface area contributed by atoms with Crippen molar-refractivity contribution in [3.63, 3.8) is 0 Å². The molecule has 0 heterocycles. The quantitative estimate of drug-likeness (QED) is 0.877. The number of benzene rings is 2. The summed E-state index contributed by atoms with van der Waals surface area (Å²) in [4.78, 5) is 12.2. The summed E-state index contributed by atoms with van der Waals surface area (Å²) in [6.45, 7) is 7.26. The predicted octanol–water partition coefficient (Wildman–Crippen LogP) is 3.93. The Kier molecular flexibility index (Phi) is 5.59. The van der Waals surface area contributed by atoms with E-state index in [0.29, 0.717) is 18.7 Å². The molecular formula is C19H23NO2. The van der Waals surface area contributed by atoms with E-state index in [1.54, 1.807) is 6.07 Å². The molecule has 0 radical (unpaired) electrons. The molecule has 1 N–H and O–H groups in total. The normalized spacial score (nSPS) is 11.8. The van der Waals surface area contributed by atoms with Crippen molar-refractivity contribution in [3.05, 3.63) is 65.2 Å². The van der Waals surface area contributed by atoms with E-state index < -0.39 is 0 Å². The van der Waals surface area contributed by atoms with Crippen molar-refractivity contribution in [2.75, 3.05) is 13.2 Å². The fraction of sp³-hybridized carbons (Fsp3) is 0.316. The summed E-state index contributed by atoms with van der Waals surface area (Å²) in [7, 11) is 0. The van der Waals surface area contributed by atoms with Crippen LogP contribution < -0.4 is 10.1 Å². The van der Waals surface area contributed by atoms with Gasteiger partial charge in [0.15, 0.2) is 0 Å². The SMILES string of the molecule is CCOc1ccc(C(=O)NCC(C)c2ccccc2)cc1C. The molecule has 0 aromatic heterocycles. The lowest BCUT2D eigenvalue weighted by Gasteiger charge is -2.14. The minimum atomic E-state index is -0.0473. The van der Waals surface area contributed by atoms with Gasteiger partial charge in [0, 0.05) is 12.1 Å². The highest BCUT2D eigenvalue weighted by molar-refractivity contribution is 5.94. The van der Waals surface area contributed by atoms with E-state index in [1.807, 2.05) is 44.2 Å². The number of aryl methyl sites for hydroxylation is 1. The standard InChI is InChI=1S/C19H23NO2/c1-4-22-18-11-10-17(12-14(18)2)19(21)20-13-15(3)16-8-6-5-7-9-16/h5-12,15H,4,13H2,1-3H3,(H,20,21). The highest BCUT2D eigenvalue weighted by Gasteiger charge is 2.10. The molecule has 0 aliphatic rings. The molecule has 0 saturated carbocycles. The van der Waals surface area contributed by atoms with Gasteiger partial charge in [0.05, 0.1) is 6.61 Å². The number of amides is 1. The van der Waals surface area contributed by atoms with E-state index in [2.05, 4.69) is 24.4 Å². The summed E-state index contributed by atoms with van der Waals surface area (Å²) in [5.74, 6) is 1.07. The first kappa shape index (κ1) is 16.1. The van der Waals surface area contributed by atoms with Gasteiger partial charge >= 0.3 is 0 Å². The molecule has 0 fully saturated rings. The van der Waals surface area contributed by atoms with Gasteiger partial charge in [-0.05, 0) is 49.1 Å². The topological polar surface area (TPSA) is 38.3 Å². The smallest absolute Gasteiger partial charge is 0.251 e. The Labute approximate surface area is 132 Å². The number of rotatable bonds is 6. The summed E-state index contributed by atoms with van der Waals surface area (Å²) < 4.78 is 5.50. The summed E-state index contributed by atoms with van der Waals surface area (Å²) in [6, 6.07) is 15.7. The number of carbonyl (C=O) groups is 1. The predicted molar refractivity (Wildman–Crippen MR) is 89.5 cm³/mol. The lowest BCUT2D eigenvalue weighted by Crippen LogP contribution is -2.27. The molecule has 3 nitrogen and oxygen atoms in total. The van der Waals surface area contributed by atoms with Gasteiger partial charge < -0.3 is 10.1 Å². The fourth-order valence-corrected chi connectivity index (χ4v) is 2.36. The van der Waals surface area contributed by atoms with Crippen molar-refractivity contribution in [1.82, 2.24) is 5.32 Å². The summed E-state index contributed by atoms with van der Waals surface area (Å²) in [5, 5.41) is 3.00. The third-order valence-corrected chi connectivity index (χ3v) is 3.67. The number of carbonyl (C=O) groups excluding carboxylic acids is 1. The van der Waals surface area contributed by atoms with Crippen molar-refractivity contribution in [2.24, 2.45) is 0 Å². The van der Waals surface area contributed by atoms with E-state index in [9.17, 15) is 4.79 Å². The van der Waals surface area contributed by atoms with E-state index in [0.717, 1.165) is 11.3 Å². The highest BCUT2D eigenvalue weighted by atomic mass is 16.5. The van der Waals surface area contributed by atoms with Crippen LogP contribution in [0.3, 0.4) is 0 Å². The Morgan fingerprint density at radius 1 is 1.18 bits per heavy atom. The second kappa shape index (κ2) is 7.64. The Hall–Kier alpha value is -2.29. The zero-order valence-electron chi connectivity index (χ0n) is 13.4. The number of hydrogen-bond donors (Lipinski definition) is 1. The van der Waals surface area contributed by atoms with Gasteiger partial charge in [-0.15, -0.1) is 0 Å². The molecule has 3 heteroatoms. The van der Waals surface area contributed by atoms with Crippen LogP contribution in [-0.4, -0.2) is 19.1 Å². The Bertz CT molecular complexity index is 623. The van der Waals surface area contributed by atoms with Crippen LogP contribution in [0.5, 0.6) is 5.75 Å². The van der Waals surface area contributed by atoms with Crippen LogP contribution in [0.4, 0.5) is 0 Å². The molecule has 0 spiro atoms. The van der Waals surface area contributed by atoms with E-state index in [-0.39, 0.29) is 11.8 Å². The van der Waals surface area contributed by atoms with Gasteiger partial charge in [0.1, 0.15) is 5.75 Å². The summed E-state index contributed by atoms with van der Waals surface area (Å²) in [5.41, 5.74) is 2.87. The summed E-state index contributed by atoms with van der Waals surface area (Å²) in [6.07, 6.45) is 0. The lowest BCUT2D eigenvalue weighted by atomic mass is 10.0. The Morgan fingerprint density at radius 3 is 2.55 bits per heavy atom. The van der Waals surface area contributed by atoms with Crippen molar-refractivity contribution in [1.29, 1.82) is 0 Å². The van der Waals surface area contributed by atoms with Gasteiger partial charge in [-0.3, -0.25) is 4.79 Å². The molecule has 0 saturated heterocycles. The maximum absolute atomic E-state index is 12.2. The van der Waals surface area contributed by atoms with E-state index in [4.69, 9.17) is 4.74 Å². The molecule has 2 aromatic rings. The first-order chi connectivity index (χ1) is 10.6. The van der Waals surface area contributed by atoms with Gasteiger partial charge in [0.2, 0.25) is 0 Å². The minimum Gasteiger partial charge on any atom is -0.494 e. The van der Waals surface area contributed by atoms with Gasteiger partial charge in [-0.2, -0.15) is 0 Å². The van der Waals surface area contributed by atoms with Crippen molar-refractivity contribution in [2.45, 2.75) is 26.7 Å². The number of nitrogens with one attached hydrogen (secondary N) is 1. The highest BCUT2D eigenvalue weighted by Crippen LogP contribution is 2.19. The van der Waals surface area contributed by atoms with Crippen LogP contribution in [0.25, 0.3) is 0 Å². The molecule has 0 aliphatic carbocycles. The van der Waals surface area contributed by atoms with Gasteiger partial charge in [-0.1, -0.05) is 37.3 Å². The fourth-order valence-electron chi connectivity index (χ4n) is 2.36. The van der Waals surface area contributed by atoms with Crippen LogP contribution >= 0.6 is 0 Å². The minimum absolute atomic E-state index is 0.0473. The van der Waals surface area contributed by atoms with Crippen LogP contribution in [0.15, 0.2) is 48.5 Å². The molecule has 116 valence electrons. The van der Waals surface area contributed by atoms with Crippen molar-refractivity contribution < 1.29 is 9.53 Å². The van der Waals surface area contributed by atoms with Crippen LogP contribution in [0.2, 0.25) is 0 Å². The molecule has 1 atom stereocenters. The largest absolute Gasteiger partial charge is 0.494 e.